The van der Waals surface area contributed by atoms with Crippen molar-refractivity contribution in [3.8, 4) is 5.75 Å². The molecular weight excluding hydrogens is 319 g/mol. The molecule has 0 bridgehead atoms. The van der Waals surface area contributed by atoms with Gasteiger partial charge in [-0.25, -0.2) is 4.39 Å². The zero-order valence-corrected chi connectivity index (χ0v) is 14.4. The average Bonchev–Trinajstić information content (AvgIpc) is 2.52. The van der Waals surface area contributed by atoms with Crippen molar-refractivity contribution in [3.05, 3.63) is 29.0 Å². The second-order valence-electron chi connectivity index (χ2n) is 5.96. The first-order valence-electron chi connectivity index (χ1n) is 8.14. The minimum Gasteiger partial charge on any atom is -0.479 e. The van der Waals surface area contributed by atoms with Crippen molar-refractivity contribution in [3.63, 3.8) is 0 Å². The van der Waals surface area contributed by atoms with Crippen LogP contribution in [0.2, 0.25) is 5.02 Å². The number of carbonyl (C=O) groups excluding carboxylic acids is 1. The van der Waals surface area contributed by atoms with Gasteiger partial charge in [-0.05, 0) is 50.9 Å². The van der Waals surface area contributed by atoms with Crippen molar-refractivity contribution in [1.82, 2.24) is 10.2 Å². The van der Waals surface area contributed by atoms with Gasteiger partial charge in [-0.2, -0.15) is 0 Å². The lowest BCUT2D eigenvalue weighted by molar-refractivity contribution is -0.128. The van der Waals surface area contributed by atoms with Crippen LogP contribution in [0.4, 0.5) is 4.39 Å². The molecule has 1 aromatic carbocycles. The van der Waals surface area contributed by atoms with E-state index in [-0.39, 0.29) is 17.0 Å². The fraction of sp³-hybridized carbons (Fsp3) is 0.588. The summed E-state index contributed by atoms with van der Waals surface area (Å²) in [6, 6.07) is 4.05. The van der Waals surface area contributed by atoms with Gasteiger partial charge >= 0.3 is 0 Å². The van der Waals surface area contributed by atoms with Crippen LogP contribution in [0.15, 0.2) is 18.2 Å². The molecule has 0 spiro atoms. The summed E-state index contributed by atoms with van der Waals surface area (Å²) in [7, 11) is 0. The van der Waals surface area contributed by atoms with Gasteiger partial charge in [0.05, 0.1) is 5.02 Å². The lowest BCUT2D eigenvalue weighted by atomic mass is 10.0. The molecule has 0 radical (unpaired) electrons. The van der Waals surface area contributed by atoms with Crippen molar-refractivity contribution in [2.24, 2.45) is 0 Å². The summed E-state index contributed by atoms with van der Waals surface area (Å²) < 4.78 is 18.6. The highest BCUT2D eigenvalue weighted by molar-refractivity contribution is 6.32. The van der Waals surface area contributed by atoms with Gasteiger partial charge in [-0.15, -0.1) is 0 Å². The van der Waals surface area contributed by atoms with Crippen molar-refractivity contribution in [2.45, 2.75) is 45.3 Å². The number of rotatable bonds is 6. The summed E-state index contributed by atoms with van der Waals surface area (Å²) in [6.45, 7) is 6.98. The summed E-state index contributed by atoms with van der Waals surface area (Å²) >= 11 is 5.91. The van der Waals surface area contributed by atoms with Crippen LogP contribution < -0.4 is 10.1 Å². The number of hydrogen-bond donors (Lipinski definition) is 1. The summed E-state index contributed by atoms with van der Waals surface area (Å²) in [5.74, 6) is -0.286. The quantitative estimate of drug-likeness (QED) is 0.863. The zero-order valence-electron chi connectivity index (χ0n) is 13.6. The molecule has 23 heavy (non-hydrogen) atoms. The predicted molar refractivity (Wildman–Crippen MR) is 89.4 cm³/mol. The molecule has 2 rings (SSSR count). The monoisotopic (exact) mass is 342 g/mol. The first-order valence-corrected chi connectivity index (χ1v) is 8.51. The predicted octanol–water partition coefficient (Wildman–Crippen LogP) is 3.24. The highest BCUT2D eigenvalue weighted by atomic mass is 35.5. The molecule has 1 amide bonds. The number of carbonyl (C=O) groups is 1. The van der Waals surface area contributed by atoms with Crippen LogP contribution in [0, 0.1) is 5.82 Å². The Bertz CT molecular complexity index is 533. The third-order valence-corrected chi connectivity index (χ3v) is 4.34. The van der Waals surface area contributed by atoms with Crippen LogP contribution in [0.3, 0.4) is 0 Å². The standard InChI is InChI=1S/C17H24ClFN2O2/c1-3-8-21-9-6-14(7-10-21)20-17(22)12(2)23-16-5-4-13(19)11-15(16)18/h4-5,11-12,14H,3,6-10H2,1-2H3,(H,20,22)/t12-/m0/s1. The fourth-order valence-electron chi connectivity index (χ4n) is 2.75. The number of nitrogens with zero attached hydrogens (tertiary/aromatic N) is 1. The smallest absolute Gasteiger partial charge is 0.260 e. The number of likely N-dealkylation sites (tertiary alicyclic amines) is 1. The Hall–Kier alpha value is -1.33. The normalized spacial score (nSPS) is 17.7. The minimum absolute atomic E-state index is 0.164. The van der Waals surface area contributed by atoms with E-state index in [2.05, 4.69) is 17.1 Å². The Balaban J connectivity index is 1.81. The molecule has 4 nitrogen and oxygen atoms in total. The molecule has 1 aromatic rings. The number of amides is 1. The van der Waals surface area contributed by atoms with Gasteiger partial charge in [0.15, 0.2) is 6.10 Å². The van der Waals surface area contributed by atoms with E-state index in [1.807, 2.05) is 0 Å². The highest BCUT2D eigenvalue weighted by Crippen LogP contribution is 2.26. The molecular formula is C17H24ClFN2O2. The first kappa shape index (κ1) is 18.0. The van der Waals surface area contributed by atoms with Crippen molar-refractivity contribution in [2.75, 3.05) is 19.6 Å². The van der Waals surface area contributed by atoms with Crippen molar-refractivity contribution < 1.29 is 13.9 Å². The molecule has 0 aliphatic carbocycles. The molecule has 1 heterocycles. The number of piperidine rings is 1. The Labute approximate surface area is 141 Å². The topological polar surface area (TPSA) is 41.6 Å². The number of halogens is 2. The lowest BCUT2D eigenvalue weighted by Gasteiger charge is -2.32. The minimum atomic E-state index is -0.674. The van der Waals surface area contributed by atoms with E-state index in [4.69, 9.17) is 16.3 Å². The van der Waals surface area contributed by atoms with Gasteiger partial charge in [0.25, 0.3) is 5.91 Å². The molecule has 1 atom stereocenters. The van der Waals surface area contributed by atoms with E-state index >= 15 is 0 Å². The molecule has 1 fully saturated rings. The van der Waals surface area contributed by atoms with E-state index in [1.165, 1.54) is 18.2 Å². The second kappa shape index (κ2) is 8.50. The molecule has 0 aromatic heterocycles. The summed E-state index contributed by atoms with van der Waals surface area (Å²) in [6.07, 6.45) is 2.39. The molecule has 1 aliphatic rings. The van der Waals surface area contributed by atoms with Gasteiger partial charge in [-0.3, -0.25) is 4.79 Å². The Morgan fingerprint density at radius 2 is 2.17 bits per heavy atom. The SMILES string of the molecule is CCCN1CCC(NC(=O)[C@H](C)Oc2ccc(F)cc2Cl)CC1. The van der Waals surface area contributed by atoms with Gasteiger partial charge in [0.1, 0.15) is 11.6 Å². The van der Waals surface area contributed by atoms with Crippen LogP contribution in [-0.4, -0.2) is 42.6 Å². The fourth-order valence-corrected chi connectivity index (χ4v) is 2.96. The van der Waals surface area contributed by atoms with E-state index in [1.54, 1.807) is 6.92 Å². The van der Waals surface area contributed by atoms with E-state index in [9.17, 15) is 9.18 Å². The van der Waals surface area contributed by atoms with Crippen LogP contribution in [-0.2, 0) is 4.79 Å². The zero-order chi connectivity index (χ0) is 16.8. The average molecular weight is 343 g/mol. The molecule has 1 N–H and O–H groups in total. The maximum absolute atomic E-state index is 13.0. The van der Waals surface area contributed by atoms with Gasteiger partial charge in [0.2, 0.25) is 0 Å². The summed E-state index contributed by atoms with van der Waals surface area (Å²) in [5.41, 5.74) is 0. The molecule has 0 unspecified atom stereocenters. The lowest BCUT2D eigenvalue weighted by Crippen LogP contribution is -2.48. The molecule has 1 aliphatic heterocycles. The second-order valence-corrected chi connectivity index (χ2v) is 6.37. The number of nitrogens with one attached hydrogen (secondary N) is 1. The van der Waals surface area contributed by atoms with Crippen LogP contribution >= 0.6 is 11.6 Å². The molecule has 0 saturated carbocycles. The van der Waals surface area contributed by atoms with E-state index < -0.39 is 11.9 Å². The van der Waals surface area contributed by atoms with Gasteiger partial charge < -0.3 is 15.0 Å². The van der Waals surface area contributed by atoms with Crippen LogP contribution in [0.25, 0.3) is 0 Å². The molecule has 128 valence electrons. The maximum atomic E-state index is 13.0. The Morgan fingerprint density at radius 3 is 2.78 bits per heavy atom. The first-order chi connectivity index (χ1) is 11.0. The number of benzene rings is 1. The van der Waals surface area contributed by atoms with E-state index in [0.717, 1.165) is 38.9 Å². The molecule has 1 saturated heterocycles. The Morgan fingerprint density at radius 1 is 1.48 bits per heavy atom. The number of hydrogen-bond acceptors (Lipinski definition) is 3. The van der Waals surface area contributed by atoms with E-state index in [0.29, 0.717) is 5.75 Å². The highest BCUT2D eigenvalue weighted by Gasteiger charge is 2.23. The van der Waals surface area contributed by atoms with Crippen molar-refractivity contribution in [1.29, 1.82) is 0 Å². The van der Waals surface area contributed by atoms with Crippen molar-refractivity contribution >= 4 is 17.5 Å². The Kier molecular flexibility index (Phi) is 6.66. The largest absolute Gasteiger partial charge is 0.479 e. The third-order valence-electron chi connectivity index (χ3n) is 4.04. The third kappa shape index (κ3) is 5.36. The van der Waals surface area contributed by atoms with Crippen LogP contribution in [0.1, 0.15) is 33.1 Å². The molecule has 6 heteroatoms. The van der Waals surface area contributed by atoms with Gasteiger partial charge in [-0.1, -0.05) is 18.5 Å². The summed E-state index contributed by atoms with van der Waals surface area (Å²) in [4.78, 5) is 14.7. The maximum Gasteiger partial charge on any atom is 0.260 e. The summed E-state index contributed by atoms with van der Waals surface area (Å²) in [5, 5.41) is 3.19. The van der Waals surface area contributed by atoms with Crippen LogP contribution in [0.5, 0.6) is 5.75 Å². The number of ether oxygens (including phenoxy) is 1. The van der Waals surface area contributed by atoms with Gasteiger partial charge in [0, 0.05) is 19.1 Å².